The van der Waals surface area contributed by atoms with E-state index in [1.807, 2.05) is 0 Å². The summed E-state index contributed by atoms with van der Waals surface area (Å²) in [6.07, 6.45) is 2.46. The van der Waals surface area contributed by atoms with Crippen molar-refractivity contribution in [2.24, 2.45) is 0 Å². The summed E-state index contributed by atoms with van der Waals surface area (Å²) in [5.41, 5.74) is -0.164. The first-order valence-electron chi connectivity index (χ1n) is 4.97. The number of hydrogen-bond acceptors (Lipinski definition) is 3. The summed E-state index contributed by atoms with van der Waals surface area (Å²) in [7, 11) is -3.98. The Hall–Kier alpha value is -1.18. The summed E-state index contributed by atoms with van der Waals surface area (Å²) in [5, 5.41) is 0.0139. The second-order valence-corrected chi connectivity index (χ2v) is 6.51. The number of benzene rings is 1. The number of rotatable bonds is 3. The molecule has 0 aliphatic heterocycles. The summed E-state index contributed by atoms with van der Waals surface area (Å²) in [6, 6.07) is 5.32. The van der Waals surface area contributed by atoms with Crippen LogP contribution >= 0.6 is 27.5 Å². The van der Waals surface area contributed by atoms with Crippen molar-refractivity contribution in [2.45, 2.75) is 4.90 Å². The number of pyridine rings is 1. The van der Waals surface area contributed by atoms with Gasteiger partial charge in [-0.2, -0.15) is 0 Å². The maximum Gasteiger partial charge on any atom is 0.265 e. The third-order valence-corrected chi connectivity index (χ3v) is 4.53. The minimum Gasteiger partial charge on any atom is -0.277 e. The van der Waals surface area contributed by atoms with E-state index in [-0.39, 0.29) is 15.6 Å². The molecule has 4 nitrogen and oxygen atoms in total. The van der Waals surface area contributed by atoms with Crippen LogP contribution < -0.4 is 4.72 Å². The lowest BCUT2D eigenvalue weighted by Crippen LogP contribution is -2.14. The number of halogens is 3. The monoisotopic (exact) mass is 364 g/mol. The van der Waals surface area contributed by atoms with Crippen LogP contribution in [-0.2, 0) is 10.0 Å². The van der Waals surface area contributed by atoms with Gasteiger partial charge in [-0.1, -0.05) is 27.5 Å². The molecule has 0 unspecified atom stereocenters. The van der Waals surface area contributed by atoms with Crippen LogP contribution in [0.1, 0.15) is 0 Å². The van der Waals surface area contributed by atoms with Crippen LogP contribution in [0, 0.1) is 5.82 Å². The molecule has 2 rings (SSSR count). The molecule has 0 amide bonds. The van der Waals surface area contributed by atoms with E-state index in [2.05, 4.69) is 25.6 Å². The van der Waals surface area contributed by atoms with Gasteiger partial charge in [-0.15, -0.1) is 0 Å². The molecule has 1 heterocycles. The van der Waals surface area contributed by atoms with Gasteiger partial charge in [0.1, 0.15) is 10.7 Å². The van der Waals surface area contributed by atoms with E-state index in [0.717, 1.165) is 12.3 Å². The molecule has 0 aliphatic rings. The molecule has 0 radical (unpaired) electrons. The largest absolute Gasteiger partial charge is 0.277 e. The lowest BCUT2D eigenvalue weighted by Gasteiger charge is -2.09. The van der Waals surface area contributed by atoms with Crippen molar-refractivity contribution in [1.82, 2.24) is 4.98 Å². The Labute approximate surface area is 122 Å². The number of nitrogens with zero attached hydrogens (tertiary/aromatic N) is 1. The summed E-state index contributed by atoms with van der Waals surface area (Å²) in [4.78, 5) is 3.48. The van der Waals surface area contributed by atoms with Crippen LogP contribution in [-0.4, -0.2) is 13.4 Å². The lowest BCUT2D eigenvalue weighted by molar-refractivity contribution is 0.598. The van der Waals surface area contributed by atoms with Gasteiger partial charge in [0, 0.05) is 16.9 Å². The van der Waals surface area contributed by atoms with Gasteiger partial charge in [0.2, 0.25) is 0 Å². The van der Waals surface area contributed by atoms with Crippen LogP contribution in [0.15, 0.2) is 46.0 Å². The smallest absolute Gasteiger partial charge is 0.265 e. The highest BCUT2D eigenvalue weighted by atomic mass is 79.9. The van der Waals surface area contributed by atoms with Gasteiger partial charge in [-0.25, -0.2) is 12.8 Å². The number of anilines is 1. The van der Waals surface area contributed by atoms with Crippen molar-refractivity contribution in [3.63, 3.8) is 0 Å². The van der Waals surface area contributed by atoms with Crippen LogP contribution in [0.2, 0.25) is 5.02 Å². The second kappa shape index (κ2) is 5.44. The van der Waals surface area contributed by atoms with Gasteiger partial charge in [-0.05, 0) is 24.3 Å². The number of hydrogen-bond donors (Lipinski definition) is 1. The highest BCUT2D eigenvalue weighted by Gasteiger charge is 2.19. The first-order valence-corrected chi connectivity index (χ1v) is 7.63. The molecule has 1 N–H and O–H groups in total. The van der Waals surface area contributed by atoms with Gasteiger partial charge in [0.15, 0.2) is 0 Å². The quantitative estimate of drug-likeness (QED) is 0.906. The van der Waals surface area contributed by atoms with Crippen molar-refractivity contribution >= 4 is 43.2 Å². The van der Waals surface area contributed by atoms with Crippen molar-refractivity contribution in [3.05, 3.63) is 52.0 Å². The number of nitrogens with one attached hydrogen (secondary N) is 1. The molecule has 0 aliphatic carbocycles. The molecule has 8 heteroatoms. The predicted octanol–water partition coefficient (Wildman–Crippen LogP) is 3.44. The second-order valence-electron chi connectivity index (χ2n) is 3.54. The molecular formula is C11H7BrClFN2O2S. The average Bonchev–Trinajstić information content (AvgIpc) is 2.33. The molecule has 100 valence electrons. The van der Waals surface area contributed by atoms with E-state index in [9.17, 15) is 12.8 Å². The van der Waals surface area contributed by atoms with Gasteiger partial charge in [-0.3, -0.25) is 9.71 Å². The average molecular weight is 366 g/mol. The first-order chi connectivity index (χ1) is 8.90. The van der Waals surface area contributed by atoms with Crippen molar-refractivity contribution < 1.29 is 12.8 Å². The Morgan fingerprint density at radius 1 is 1.32 bits per heavy atom. The van der Waals surface area contributed by atoms with Gasteiger partial charge in [0.05, 0.1) is 10.7 Å². The Bertz CT molecular complexity index is 724. The fourth-order valence-corrected chi connectivity index (χ4v) is 3.17. The molecule has 0 atom stereocenters. The molecule has 1 aromatic heterocycles. The normalized spacial score (nSPS) is 11.3. The summed E-state index contributed by atoms with van der Waals surface area (Å²) < 4.78 is 40.3. The van der Waals surface area contributed by atoms with Crippen molar-refractivity contribution in [3.8, 4) is 0 Å². The maximum absolute atomic E-state index is 13.6. The predicted molar refractivity (Wildman–Crippen MR) is 74.2 cm³/mol. The van der Waals surface area contributed by atoms with Crippen LogP contribution in [0.3, 0.4) is 0 Å². The summed E-state index contributed by atoms with van der Waals surface area (Å²) in [5.74, 6) is -0.696. The molecular weight excluding hydrogens is 359 g/mol. The summed E-state index contributed by atoms with van der Waals surface area (Å²) in [6.45, 7) is 0. The Balaban J connectivity index is 2.40. The molecule has 1 aromatic carbocycles. The molecule has 0 spiro atoms. The van der Waals surface area contributed by atoms with Crippen molar-refractivity contribution in [1.29, 1.82) is 0 Å². The van der Waals surface area contributed by atoms with Gasteiger partial charge in [0.25, 0.3) is 10.0 Å². The first kappa shape index (κ1) is 14.2. The minimum absolute atomic E-state index is 0.0139. The van der Waals surface area contributed by atoms with E-state index in [0.29, 0.717) is 4.47 Å². The highest BCUT2D eigenvalue weighted by Crippen LogP contribution is 2.25. The van der Waals surface area contributed by atoms with Gasteiger partial charge >= 0.3 is 0 Å². The minimum atomic E-state index is -3.98. The van der Waals surface area contributed by atoms with Crippen LogP contribution in [0.5, 0.6) is 0 Å². The third kappa shape index (κ3) is 3.23. The van der Waals surface area contributed by atoms with E-state index in [4.69, 9.17) is 11.6 Å². The van der Waals surface area contributed by atoms with Crippen LogP contribution in [0.25, 0.3) is 0 Å². The summed E-state index contributed by atoms with van der Waals surface area (Å²) >= 11 is 8.86. The molecule has 0 bridgehead atoms. The molecule has 19 heavy (non-hydrogen) atoms. The van der Waals surface area contributed by atoms with Crippen molar-refractivity contribution in [2.75, 3.05) is 4.72 Å². The zero-order valence-corrected chi connectivity index (χ0v) is 12.4. The lowest BCUT2D eigenvalue weighted by atomic mass is 10.3. The zero-order valence-electron chi connectivity index (χ0n) is 9.27. The van der Waals surface area contributed by atoms with E-state index < -0.39 is 15.8 Å². The third-order valence-electron chi connectivity index (χ3n) is 2.20. The number of sulfonamides is 1. The molecule has 0 saturated carbocycles. The SMILES string of the molecule is O=S(=O)(Nc1ccc(Br)cc1F)c1cnccc1Cl. The van der Waals surface area contributed by atoms with E-state index in [1.165, 1.54) is 24.4 Å². The highest BCUT2D eigenvalue weighted by molar-refractivity contribution is 9.10. The van der Waals surface area contributed by atoms with Crippen LogP contribution in [0.4, 0.5) is 10.1 Å². The molecule has 0 fully saturated rings. The Morgan fingerprint density at radius 2 is 2.05 bits per heavy atom. The van der Waals surface area contributed by atoms with E-state index >= 15 is 0 Å². The van der Waals surface area contributed by atoms with Gasteiger partial charge < -0.3 is 0 Å². The topological polar surface area (TPSA) is 59.1 Å². The fourth-order valence-electron chi connectivity index (χ4n) is 1.33. The molecule has 2 aromatic rings. The fraction of sp³-hybridized carbons (Fsp3) is 0. The maximum atomic E-state index is 13.6. The Morgan fingerprint density at radius 3 is 2.68 bits per heavy atom. The van der Waals surface area contributed by atoms with E-state index in [1.54, 1.807) is 0 Å². The zero-order chi connectivity index (χ0) is 14.0. The Kier molecular flexibility index (Phi) is 4.07. The standard InChI is InChI=1S/C11H7BrClFN2O2S/c12-7-1-2-10(9(14)5-7)16-19(17,18)11-6-15-4-3-8(11)13/h1-6,16H. The molecule has 0 saturated heterocycles. The number of aromatic nitrogens is 1.